The number of benzene rings is 1. The number of rotatable bonds is 4. The van der Waals surface area contributed by atoms with Crippen molar-refractivity contribution in [1.82, 2.24) is 24.3 Å². The van der Waals surface area contributed by atoms with Gasteiger partial charge in [-0.2, -0.15) is 0 Å². The summed E-state index contributed by atoms with van der Waals surface area (Å²) >= 11 is 6.53. The second kappa shape index (κ2) is 10.1. The van der Waals surface area contributed by atoms with Gasteiger partial charge in [-0.1, -0.05) is 23.7 Å². The van der Waals surface area contributed by atoms with Gasteiger partial charge >= 0.3 is 11.8 Å². The zero-order valence-corrected chi connectivity index (χ0v) is 23.2. The summed E-state index contributed by atoms with van der Waals surface area (Å²) in [5.41, 5.74) is 2.33. The van der Waals surface area contributed by atoms with Gasteiger partial charge in [0.2, 0.25) is 0 Å². The molecule has 2 aliphatic rings. The topological polar surface area (TPSA) is 88.1 Å². The largest absolute Gasteiger partial charge is 0.415 e. The van der Waals surface area contributed by atoms with Crippen molar-refractivity contribution in [1.29, 1.82) is 0 Å². The lowest BCUT2D eigenvalue weighted by Crippen LogP contribution is -2.51. The van der Waals surface area contributed by atoms with E-state index in [1.54, 1.807) is 44.4 Å². The molecule has 0 bridgehead atoms. The lowest BCUT2D eigenvalue weighted by molar-refractivity contribution is 0.0236. The molecule has 0 spiro atoms. The van der Waals surface area contributed by atoms with Crippen LogP contribution in [-0.4, -0.2) is 67.4 Å². The Hall–Kier alpha value is -3.71. The number of hydrogen-bond donors (Lipinski definition) is 1. The second-order valence-corrected chi connectivity index (χ2v) is 11.0. The summed E-state index contributed by atoms with van der Waals surface area (Å²) in [4.78, 5) is 29.1. The predicted molar refractivity (Wildman–Crippen MR) is 148 cm³/mol. The highest BCUT2D eigenvalue weighted by Crippen LogP contribution is 2.46. The maximum Gasteiger partial charge on any atom is 0.415 e. The fraction of sp³-hybridized carbons (Fsp3) is 0.379. The van der Waals surface area contributed by atoms with Crippen LogP contribution in [0.2, 0.25) is 5.02 Å². The van der Waals surface area contributed by atoms with Crippen LogP contribution in [0.5, 0.6) is 0 Å². The number of pyridine rings is 1. The summed E-state index contributed by atoms with van der Waals surface area (Å²) in [6.07, 6.45) is 6.62. The number of aryl methyl sites for hydroxylation is 1. The van der Waals surface area contributed by atoms with Crippen molar-refractivity contribution in [2.24, 2.45) is 7.05 Å². The van der Waals surface area contributed by atoms with Gasteiger partial charge in [0, 0.05) is 44.4 Å². The molecule has 0 radical (unpaired) electrons. The highest BCUT2D eigenvalue weighted by atomic mass is 35.5. The van der Waals surface area contributed by atoms with Crippen LogP contribution >= 0.6 is 11.6 Å². The molecule has 1 N–H and O–H groups in total. The third-order valence-corrected chi connectivity index (χ3v) is 7.65. The van der Waals surface area contributed by atoms with Gasteiger partial charge in [-0.25, -0.2) is 16.4 Å². The minimum atomic E-state index is -1.37. The molecule has 39 heavy (non-hydrogen) atoms. The third kappa shape index (κ3) is 5.03. The van der Waals surface area contributed by atoms with Crippen molar-refractivity contribution in [2.45, 2.75) is 38.1 Å². The number of hydrogen-bond acceptors (Lipinski definition) is 6. The van der Waals surface area contributed by atoms with Crippen LogP contribution < -0.4 is 0 Å². The Morgan fingerprint density at radius 2 is 1.95 bits per heavy atom. The molecule has 0 unspecified atom stereocenters. The Morgan fingerprint density at radius 3 is 2.62 bits per heavy atom. The Bertz CT molecular complexity index is 1480. The fourth-order valence-corrected chi connectivity index (χ4v) is 5.53. The van der Waals surface area contributed by atoms with E-state index in [1.165, 1.54) is 0 Å². The van der Waals surface area contributed by atoms with Gasteiger partial charge in [0.05, 0.1) is 43.8 Å². The predicted octanol–water partition coefficient (Wildman–Crippen LogP) is 4.73. The van der Waals surface area contributed by atoms with Gasteiger partial charge in [-0.05, 0) is 53.5 Å². The van der Waals surface area contributed by atoms with Gasteiger partial charge in [0.25, 0.3) is 0 Å². The SMILES string of the molecule is [C-]#[N+]C(C)(C)OC(=O)N1CCN([C@H]2c3ccc(Cl)cc3C([C@](C)(O)c3cncn3C)=Cc3cccnc32)CC1. The molecule has 1 aliphatic carbocycles. The molecule has 1 aromatic carbocycles. The zero-order valence-electron chi connectivity index (χ0n) is 22.4. The van der Waals surface area contributed by atoms with Gasteiger partial charge in [-0.3, -0.25) is 14.7 Å². The van der Waals surface area contributed by atoms with Gasteiger partial charge in [-0.15, -0.1) is 0 Å². The average Bonchev–Trinajstić information content (AvgIpc) is 3.29. The first-order chi connectivity index (χ1) is 18.5. The summed E-state index contributed by atoms with van der Waals surface area (Å²) in [5, 5.41) is 12.6. The number of carbonyl (C=O) groups excluding carboxylic acids is 1. The van der Waals surface area contributed by atoms with Crippen LogP contribution in [0.25, 0.3) is 16.5 Å². The molecule has 2 atom stereocenters. The van der Waals surface area contributed by atoms with E-state index in [-0.39, 0.29) is 6.04 Å². The molecular weight excluding hydrogens is 516 g/mol. The number of piperazine rings is 1. The van der Waals surface area contributed by atoms with Crippen LogP contribution in [0.4, 0.5) is 4.79 Å². The van der Waals surface area contributed by atoms with Crippen LogP contribution in [0.1, 0.15) is 54.9 Å². The molecule has 2 aromatic heterocycles. The van der Waals surface area contributed by atoms with Crippen LogP contribution in [0.3, 0.4) is 0 Å². The minimum absolute atomic E-state index is 0.234. The molecule has 5 rings (SSSR count). The number of aromatic nitrogens is 3. The van der Waals surface area contributed by atoms with Crippen molar-refractivity contribution >= 4 is 29.3 Å². The van der Waals surface area contributed by atoms with E-state index in [9.17, 15) is 9.90 Å². The van der Waals surface area contributed by atoms with Crippen molar-refractivity contribution in [3.8, 4) is 0 Å². The average molecular weight is 547 g/mol. The zero-order chi connectivity index (χ0) is 27.9. The normalized spacial score (nSPS) is 19.2. The maximum atomic E-state index is 12.7. The van der Waals surface area contributed by atoms with E-state index >= 15 is 0 Å². The van der Waals surface area contributed by atoms with Gasteiger partial charge in [0.1, 0.15) is 5.60 Å². The molecule has 1 saturated heterocycles. The summed E-state index contributed by atoms with van der Waals surface area (Å²) < 4.78 is 7.20. The third-order valence-electron chi connectivity index (χ3n) is 7.41. The molecule has 3 aromatic rings. The highest BCUT2D eigenvalue weighted by molar-refractivity contribution is 6.30. The molecule has 9 nitrogen and oxygen atoms in total. The van der Waals surface area contributed by atoms with E-state index < -0.39 is 17.4 Å². The first kappa shape index (κ1) is 26.9. The molecule has 1 fully saturated rings. The number of fused-ring (bicyclic) bond motifs is 2. The second-order valence-electron chi connectivity index (χ2n) is 10.6. The summed E-state index contributed by atoms with van der Waals surface area (Å²) in [6.45, 7) is 14.2. The van der Waals surface area contributed by atoms with E-state index in [4.69, 9.17) is 27.9 Å². The number of halogens is 1. The molecule has 202 valence electrons. The summed E-state index contributed by atoms with van der Waals surface area (Å²) in [6, 6.07) is 9.41. The number of ether oxygens (including phenoxy) is 1. The minimum Gasteiger partial charge on any atom is -0.379 e. The van der Waals surface area contributed by atoms with Crippen molar-refractivity contribution in [2.75, 3.05) is 26.2 Å². The smallest absolute Gasteiger partial charge is 0.379 e. The molecule has 10 heteroatoms. The highest BCUT2D eigenvalue weighted by Gasteiger charge is 2.40. The molecule has 0 saturated carbocycles. The Kier molecular flexibility index (Phi) is 6.97. The van der Waals surface area contributed by atoms with Crippen molar-refractivity contribution < 1.29 is 14.6 Å². The van der Waals surface area contributed by atoms with Gasteiger partial charge in [0.15, 0.2) is 0 Å². The molecule has 1 aliphatic heterocycles. The molecule has 1 amide bonds. The Labute approximate surface area is 233 Å². The molecule has 3 heterocycles. The first-order valence-corrected chi connectivity index (χ1v) is 13.2. The van der Waals surface area contributed by atoms with E-state index in [0.717, 1.165) is 22.4 Å². The van der Waals surface area contributed by atoms with Crippen molar-refractivity contribution in [3.63, 3.8) is 0 Å². The number of imidazole rings is 1. The van der Waals surface area contributed by atoms with E-state index in [0.29, 0.717) is 42.5 Å². The monoisotopic (exact) mass is 546 g/mol. The fourth-order valence-electron chi connectivity index (χ4n) is 5.36. The number of aliphatic hydroxyl groups is 1. The number of amides is 1. The van der Waals surface area contributed by atoms with E-state index in [1.807, 2.05) is 48.0 Å². The van der Waals surface area contributed by atoms with Crippen LogP contribution in [0, 0.1) is 6.57 Å². The number of nitrogens with zero attached hydrogens (tertiary/aromatic N) is 6. The van der Waals surface area contributed by atoms with Gasteiger partial charge < -0.3 is 19.3 Å². The standard InChI is InChI=1S/C29H31ClN6O3/c1-28(2,31-4)39-27(37)36-13-11-35(12-14-36)26-21-9-8-20(30)16-22(21)23(15-19-7-6-10-33-25(19)26)29(3,38)24-17-32-18-34(24)5/h6-10,15-18,26,38H,11-14H2,1-3,5H3/t26-,29-/m0/s1. The van der Waals surface area contributed by atoms with E-state index in [2.05, 4.69) is 14.7 Å². The first-order valence-electron chi connectivity index (χ1n) is 12.8. The molecular formula is C29H31ClN6O3. The van der Waals surface area contributed by atoms with Crippen LogP contribution in [-0.2, 0) is 17.4 Å². The quantitative estimate of drug-likeness (QED) is 0.476. The Morgan fingerprint density at radius 1 is 1.21 bits per heavy atom. The van der Waals surface area contributed by atoms with Crippen LogP contribution in [0.15, 0.2) is 49.1 Å². The number of carbonyl (C=O) groups is 1. The lowest BCUT2D eigenvalue weighted by atomic mass is 9.84. The summed E-state index contributed by atoms with van der Waals surface area (Å²) in [7, 11) is 1.86. The van der Waals surface area contributed by atoms with Crippen molar-refractivity contribution in [3.05, 3.63) is 93.6 Å². The maximum absolute atomic E-state index is 12.7. The lowest BCUT2D eigenvalue weighted by Gasteiger charge is -2.39. The Balaban J connectivity index is 1.55. The summed E-state index contributed by atoms with van der Waals surface area (Å²) in [5.74, 6) is 0.